The van der Waals surface area contributed by atoms with E-state index in [2.05, 4.69) is 27.9 Å². The first-order valence-electron chi connectivity index (χ1n) is 10.6. The second-order valence-corrected chi connectivity index (χ2v) is 7.46. The van der Waals surface area contributed by atoms with Crippen LogP contribution in [0, 0.1) is 0 Å². The highest BCUT2D eigenvalue weighted by atomic mass is 19.3. The number of hydrogen-bond acceptors (Lipinski definition) is 4. The van der Waals surface area contributed by atoms with Crippen molar-refractivity contribution in [3.63, 3.8) is 0 Å². The number of fused-ring (bicyclic) bond motifs is 1. The van der Waals surface area contributed by atoms with Crippen molar-refractivity contribution in [1.29, 1.82) is 0 Å². The third-order valence-corrected chi connectivity index (χ3v) is 5.18. The molecule has 1 amide bonds. The summed E-state index contributed by atoms with van der Waals surface area (Å²) in [4.78, 5) is 16.5. The molecular weight excluding hydrogens is 400 g/mol. The Morgan fingerprint density at radius 3 is 2.58 bits per heavy atom. The first-order valence-corrected chi connectivity index (χ1v) is 10.6. The lowest BCUT2D eigenvalue weighted by Gasteiger charge is -2.19. The molecule has 2 heterocycles. The van der Waals surface area contributed by atoms with Gasteiger partial charge in [-0.05, 0) is 55.7 Å². The van der Waals surface area contributed by atoms with Crippen molar-refractivity contribution in [2.45, 2.75) is 45.1 Å². The SMILES string of the molecule is CCC[C@H](CCCNc1cccc2nc(C(F)F)cn12)NC(=O)c1ccc(NC)cc1. The first kappa shape index (κ1) is 22.5. The number of alkyl halides is 2. The lowest BCUT2D eigenvalue weighted by atomic mass is 10.1. The van der Waals surface area contributed by atoms with Gasteiger partial charge in [-0.1, -0.05) is 19.4 Å². The summed E-state index contributed by atoms with van der Waals surface area (Å²) in [5.74, 6) is 0.648. The van der Waals surface area contributed by atoms with E-state index in [1.807, 2.05) is 37.4 Å². The van der Waals surface area contributed by atoms with Gasteiger partial charge in [-0.3, -0.25) is 9.20 Å². The van der Waals surface area contributed by atoms with Crippen LogP contribution >= 0.6 is 0 Å². The maximum atomic E-state index is 12.9. The number of rotatable bonds is 11. The Morgan fingerprint density at radius 1 is 1.13 bits per heavy atom. The minimum atomic E-state index is -2.60. The highest BCUT2D eigenvalue weighted by molar-refractivity contribution is 5.94. The largest absolute Gasteiger partial charge is 0.388 e. The van der Waals surface area contributed by atoms with Crippen LogP contribution in [0.1, 0.15) is 55.1 Å². The van der Waals surface area contributed by atoms with Crippen molar-refractivity contribution in [1.82, 2.24) is 14.7 Å². The standard InChI is InChI=1S/C23H29F2N5O/c1-3-6-18(28-23(31)16-10-12-17(26-2)13-11-16)7-5-14-27-20-8-4-9-21-29-19(22(24)25)15-30(20)21/h4,8-13,15,18,22,26-27H,3,5-7,14H2,1-2H3,(H,28,31)/t18-/m1/s1. The van der Waals surface area contributed by atoms with E-state index >= 15 is 0 Å². The van der Waals surface area contributed by atoms with Crippen molar-refractivity contribution in [3.8, 4) is 0 Å². The summed E-state index contributed by atoms with van der Waals surface area (Å²) in [5.41, 5.74) is 1.85. The molecule has 0 unspecified atom stereocenters. The zero-order valence-corrected chi connectivity index (χ0v) is 17.9. The lowest BCUT2D eigenvalue weighted by Crippen LogP contribution is -2.35. The molecule has 0 saturated carbocycles. The van der Waals surface area contributed by atoms with Crippen LogP contribution < -0.4 is 16.0 Å². The van der Waals surface area contributed by atoms with E-state index < -0.39 is 6.43 Å². The van der Waals surface area contributed by atoms with Crippen LogP contribution in [-0.2, 0) is 0 Å². The van der Waals surface area contributed by atoms with Crippen molar-refractivity contribution < 1.29 is 13.6 Å². The van der Waals surface area contributed by atoms with Gasteiger partial charge >= 0.3 is 0 Å². The molecule has 3 N–H and O–H groups in total. The van der Waals surface area contributed by atoms with E-state index in [1.54, 1.807) is 16.5 Å². The van der Waals surface area contributed by atoms with E-state index in [0.717, 1.165) is 37.2 Å². The predicted molar refractivity (Wildman–Crippen MR) is 120 cm³/mol. The molecule has 0 aliphatic rings. The number of carbonyl (C=O) groups is 1. The van der Waals surface area contributed by atoms with E-state index in [1.165, 1.54) is 6.20 Å². The van der Waals surface area contributed by atoms with Gasteiger partial charge in [-0.2, -0.15) is 0 Å². The average molecular weight is 430 g/mol. The Hall–Kier alpha value is -3.16. The maximum absolute atomic E-state index is 12.9. The number of imidazole rings is 1. The lowest BCUT2D eigenvalue weighted by molar-refractivity contribution is 0.0932. The minimum Gasteiger partial charge on any atom is -0.388 e. The first-order chi connectivity index (χ1) is 15.0. The smallest absolute Gasteiger partial charge is 0.281 e. The fourth-order valence-corrected chi connectivity index (χ4v) is 3.54. The van der Waals surface area contributed by atoms with Gasteiger partial charge in [0.2, 0.25) is 0 Å². The monoisotopic (exact) mass is 429 g/mol. The Morgan fingerprint density at radius 2 is 1.90 bits per heavy atom. The molecule has 31 heavy (non-hydrogen) atoms. The number of nitrogens with one attached hydrogen (secondary N) is 3. The third kappa shape index (κ3) is 5.93. The summed E-state index contributed by atoms with van der Waals surface area (Å²) in [6.45, 7) is 2.76. The Labute approximate surface area is 181 Å². The van der Waals surface area contributed by atoms with Crippen LogP contribution in [0.2, 0.25) is 0 Å². The number of benzene rings is 1. The number of halogens is 2. The number of pyridine rings is 1. The van der Waals surface area contributed by atoms with Crippen LogP contribution in [0.25, 0.3) is 5.65 Å². The number of carbonyl (C=O) groups excluding carboxylic acids is 1. The molecule has 3 aromatic rings. The number of amides is 1. The third-order valence-electron chi connectivity index (χ3n) is 5.18. The topological polar surface area (TPSA) is 70.5 Å². The van der Waals surface area contributed by atoms with E-state index in [-0.39, 0.29) is 17.6 Å². The Kier molecular flexibility index (Phi) is 7.81. The number of hydrogen-bond donors (Lipinski definition) is 3. The second kappa shape index (κ2) is 10.7. The van der Waals surface area contributed by atoms with E-state index in [0.29, 0.717) is 17.8 Å². The van der Waals surface area contributed by atoms with Gasteiger partial charge in [0.05, 0.1) is 0 Å². The van der Waals surface area contributed by atoms with E-state index in [4.69, 9.17) is 0 Å². The average Bonchev–Trinajstić information content (AvgIpc) is 3.22. The van der Waals surface area contributed by atoms with Crippen LogP contribution in [0.5, 0.6) is 0 Å². The van der Waals surface area contributed by atoms with Crippen LogP contribution in [0.3, 0.4) is 0 Å². The van der Waals surface area contributed by atoms with Gasteiger partial charge in [0.15, 0.2) is 0 Å². The molecule has 0 spiro atoms. The summed E-state index contributed by atoms with van der Waals surface area (Å²) in [5, 5.41) is 9.46. The molecule has 0 aliphatic carbocycles. The molecule has 3 rings (SSSR count). The highest BCUT2D eigenvalue weighted by Crippen LogP contribution is 2.21. The highest BCUT2D eigenvalue weighted by Gasteiger charge is 2.15. The Bertz CT molecular complexity index is 987. The molecule has 6 nitrogen and oxygen atoms in total. The molecule has 0 bridgehead atoms. The Balaban J connectivity index is 1.53. The molecule has 1 aromatic carbocycles. The number of aromatic nitrogens is 2. The van der Waals surface area contributed by atoms with Crippen molar-refractivity contribution >= 4 is 23.1 Å². The quantitative estimate of drug-likeness (QED) is 0.371. The van der Waals surface area contributed by atoms with Gasteiger partial charge in [-0.15, -0.1) is 0 Å². The van der Waals surface area contributed by atoms with Crippen LogP contribution in [0.15, 0.2) is 48.7 Å². The fourth-order valence-electron chi connectivity index (χ4n) is 3.54. The normalized spacial score (nSPS) is 12.2. The fraction of sp³-hybridized carbons (Fsp3) is 0.391. The molecule has 166 valence electrons. The molecular formula is C23H29F2N5O. The molecule has 1 atom stereocenters. The predicted octanol–water partition coefficient (Wildman–Crippen LogP) is 5.10. The van der Waals surface area contributed by atoms with Gasteiger partial charge < -0.3 is 16.0 Å². The van der Waals surface area contributed by atoms with Crippen molar-refractivity contribution in [2.75, 3.05) is 24.2 Å². The summed E-state index contributed by atoms with van der Waals surface area (Å²) >= 11 is 0. The molecule has 0 aliphatic heterocycles. The van der Waals surface area contributed by atoms with Crippen molar-refractivity contribution in [2.24, 2.45) is 0 Å². The molecule has 2 aromatic heterocycles. The maximum Gasteiger partial charge on any atom is 0.281 e. The van der Waals surface area contributed by atoms with Crippen LogP contribution in [-0.4, -0.2) is 34.9 Å². The summed E-state index contributed by atoms with van der Waals surface area (Å²) in [7, 11) is 1.84. The second-order valence-electron chi connectivity index (χ2n) is 7.46. The van der Waals surface area contributed by atoms with Gasteiger partial charge in [0, 0.05) is 37.1 Å². The summed E-state index contributed by atoms with van der Waals surface area (Å²) in [6, 6.07) is 12.8. The number of anilines is 2. The number of nitrogens with zero attached hydrogens (tertiary/aromatic N) is 2. The summed E-state index contributed by atoms with van der Waals surface area (Å²) < 4.78 is 27.5. The van der Waals surface area contributed by atoms with E-state index in [9.17, 15) is 13.6 Å². The van der Waals surface area contributed by atoms with Gasteiger partial charge in [0.25, 0.3) is 12.3 Å². The molecule has 0 fully saturated rings. The van der Waals surface area contributed by atoms with Gasteiger partial charge in [-0.25, -0.2) is 13.8 Å². The molecule has 8 heteroatoms. The van der Waals surface area contributed by atoms with Crippen LogP contribution in [0.4, 0.5) is 20.3 Å². The zero-order valence-electron chi connectivity index (χ0n) is 17.9. The van der Waals surface area contributed by atoms with Gasteiger partial charge in [0.1, 0.15) is 17.2 Å². The zero-order chi connectivity index (χ0) is 22.2. The van der Waals surface area contributed by atoms with Crippen molar-refractivity contribution in [3.05, 3.63) is 59.9 Å². The summed E-state index contributed by atoms with van der Waals surface area (Å²) in [6.07, 6.45) is 2.29. The minimum absolute atomic E-state index is 0.0724. The molecule has 0 saturated heterocycles. The molecule has 0 radical (unpaired) electrons.